The summed E-state index contributed by atoms with van der Waals surface area (Å²) in [7, 11) is 0. The Bertz CT molecular complexity index is 262. The van der Waals surface area contributed by atoms with Gasteiger partial charge < -0.3 is 5.73 Å². The predicted molar refractivity (Wildman–Crippen MR) is 32.8 cm³/mol. The van der Waals surface area contributed by atoms with Crippen LogP contribution in [0.4, 0.5) is 0 Å². The molecule has 3 heteroatoms. The standard InChI is InChI=1S/C6H6N2O/c7-6(9)5-3-1-2-4-8-5/h1-4H,(H2,7,9)/i3D. The Morgan fingerprint density at radius 3 is 3.00 bits per heavy atom. The van der Waals surface area contributed by atoms with Gasteiger partial charge in [-0.15, -0.1) is 0 Å². The summed E-state index contributed by atoms with van der Waals surface area (Å²) in [5.74, 6) is -0.661. The molecule has 1 rings (SSSR count). The van der Waals surface area contributed by atoms with Crippen LogP contribution in [0, 0.1) is 0 Å². The molecule has 2 N–H and O–H groups in total. The van der Waals surface area contributed by atoms with Gasteiger partial charge in [0.25, 0.3) is 5.91 Å². The summed E-state index contributed by atoms with van der Waals surface area (Å²) in [6, 6.07) is 3.11. The molecule has 0 bridgehead atoms. The zero-order valence-electron chi connectivity index (χ0n) is 5.66. The van der Waals surface area contributed by atoms with Crippen molar-refractivity contribution in [3.8, 4) is 0 Å². The van der Waals surface area contributed by atoms with Crippen molar-refractivity contribution >= 4 is 5.91 Å². The van der Waals surface area contributed by atoms with Gasteiger partial charge in [-0.25, -0.2) is 0 Å². The maximum absolute atomic E-state index is 10.5. The molecule has 46 valence electrons. The van der Waals surface area contributed by atoms with Gasteiger partial charge in [-0.05, 0) is 12.1 Å². The summed E-state index contributed by atoms with van der Waals surface area (Å²) in [4.78, 5) is 14.1. The fourth-order valence-corrected chi connectivity index (χ4v) is 0.460. The third kappa shape index (κ3) is 1.25. The highest BCUT2D eigenvalue weighted by Gasteiger charge is 1.95. The molecule has 0 aliphatic rings. The van der Waals surface area contributed by atoms with E-state index in [1.807, 2.05) is 0 Å². The van der Waals surface area contributed by atoms with Crippen molar-refractivity contribution in [3.63, 3.8) is 0 Å². The lowest BCUT2D eigenvalue weighted by Crippen LogP contribution is -2.12. The van der Waals surface area contributed by atoms with Gasteiger partial charge in [0.1, 0.15) is 5.69 Å². The quantitative estimate of drug-likeness (QED) is 0.579. The Hall–Kier alpha value is -1.38. The van der Waals surface area contributed by atoms with E-state index >= 15 is 0 Å². The molecule has 0 aliphatic carbocycles. The molecule has 1 heterocycles. The molecule has 0 aromatic carbocycles. The van der Waals surface area contributed by atoms with E-state index in [0.29, 0.717) is 0 Å². The van der Waals surface area contributed by atoms with Crippen molar-refractivity contribution in [2.75, 3.05) is 0 Å². The molecule has 3 nitrogen and oxygen atoms in total. The maximum atomic E-state index is 10.5. The van der Waals surface area contributed by atoms with Crippen LogP contribution in [0.3, 0.4) is 0 Å². The van der Waals surface area contributed by atoms with Crippen LogP contribution >= 0.6 is 0 Å². The highest BCUT2D eigenvalue weighted by atomic mass is 16.1. The SMILES string of the molecule is [2H]c1cccnc1C(N)=O. The molecule has 1 aromatic heterocycles. The number of hydrogen-bond acceptors (Lipinski definition) is 2. The van der Waals surface area contributed by atoms with E-state index in [1.165, 1.54) is 12.3 Å². The summed E-state index contributed by atoms with van der Waals surface area (Å²) in [6.45, 7) is 0. The van der Waals surface area contributed by atoms with Gasteiger partial charge >= 0.3 is 0 Å². The number of hydrogen-bond donors (Lipinski definition) is 1. The largest absolute Gasteiger partial charge is 0.364 e. The fraction of sp³-hybridized carbons (Fsp3) is 0. The zero-order chi connectivity index (χ0) is 7.56. The molecule has 1 aromatic rings. The highest BCUT2D eigenvalue weighted by Crippen LogP contribution is 1.88. The lowest BCUT2D eigenvalue weighted by atomic mass is 10.3. The number of nitrogens with two attached hydrogens (primary N) is 1. The smallest absolute Gasteiger partial charge is 0.267 e. The lowest BCUT2D eigenvalue weighted by Gasteiger charge is -1.88. The van der Waals surface area contributed by atoms with E-state index in [2.05, 4.69) is 4.98 Å². The predicted octanol–water partition coefficient (Wildman–Crippen LogP) is 0.181. The Morgan fingerprint density at radius 1 is 1.78 bits per heavy atom. The molecule has 0 saturated carbocycles. The molecular formula is C6H6N2O. The summed E-state index contributed by atoms with van der Waals surface area (Å²) >= 11 is 0. The first kappa shape index (κ1) is 4.49. The number of aromatic nitrogens is 1. The highest BCUT2D eigenvalue weighted by molar-refractivity contribution is 5.90. The molecule has 9 heavy (non-hydrogen) atoms. The van der Waals surface area contributed by atoms with Gasteiger partial charge in [-0.2, -0.15) is 0 Å². The maximum Gasteiger partial charge on any atom is 0.267 e. The van der Waals surface area contributed by atoms with Crippen molar-refractivity contribution in [2.45, 2.75) is 0 Å². The lowest BCUT2D eigenvalue weighted by molar-refractivity contribution is 0.0995. The number of amides is 1. The molecule has 1 amide bonds. The number of rotatable bonds is 1. The number of pyridine rings is 1. The van der Waals surface area contributed by atoms with E-state index in [-0.39, 0.29) is 11.7 Å². The van der Waals surface area contributed by atoms with Gasteiger partial charge in [0.15, 0.2) is 0 Å². The zero-order valence-corrected chi connectivity index (χ0v) is 4.66. The van der Waals surface area contributed by atoms with Crippen LogP contribution in [0.1, 0.15) is 11.9 Å². The molecule has 0 atom stereocenters. The molecule has 0 aliphatic heterocycles. The van der Waals surface area contributed by atoms with E-state index in [9.17, 15) is 4.79 Å². The van der Waals surface area contributed by atoms with Crippen LogP contribution in [-0.2, 0) is 0 Å². The van der Waals surface area contributed by atoms with Crippen LogP contribution in [0.2, 0.25) is 0 Å². The van der Waals surface area contributed by atoms with E-state index < -0.39 is 5.91 Å². The molecular weight excluding hydrogens is 116 g/mol. The second kappa shape index (κ2) is 2.26. The van der Waals surface area contributed by atoms with Crippen molar-refractivity contribution in [3.05, 3.63) is 30.1 Å². The normalized spacial score (nSPS) is 10.4. The van der Waals surface area contributed by atoms with E-state index in [4.69, 9.17) is 7.10 Å². The fourth-order valence-electron chi connectivity index (χ4n) is 0.460. The van der Waals surface area contributed by atoms with Crippen molar-refractivity contribution in [1.29, 1.82) is 0 Å². The van der Waals surface area contributed by atoms with Crippen LogP contribution in [0.5, 0.6) is 0 Å². The Kier molecular flexibility index (Phi) is 1.13. The van der Waals surface area contributed by atoms with Crippen molar-refractivity contribution in [1.82, 2.24) is 4.98 Å². The Labute approximate surface area is 53.9 Å². The van der Waals surface area contributed by atoms with Crippen molar-refractivity contribution in [2.24, 2.45) is 5.73 Å². The van der Waals surface area contributed by atoms with Crippen LogP contribution in [0.25, 0.3) is 0 Å². The van der Waals surface area contributed by atoms with Crippen LogP contribution in [0.15, 0.2) is 24.4 Å². The monoisotopic (exact) mass is 123 g/mol. The van der Waals surface area contributed by atoms with Gasteiger partial charge in [0.2, 0.25) is 0 Å². The number of primary amides is 1. The van der Waals surface area contributed by atoms with Gasteiger partial charge in [0, 0.05) is 6.20 Å². The average molecular weight is 123 g/mol. The number of carbonyl (C=O) groups is 1. The molecule has 0 unspecified atom stereocenters. The Balaban J connectivity index is 3.15. The van der Waals surface area contributed by atoms with Gasteiger partial charge in [-0.3, -0.25) is 9.78 Å². The van der Waals surface area contributed by atoms with Crippen LogP contribution in [-0.4, -0.2) is 10.9 Å². The molecule has 0 saturated heterocycles. The van der Waals surface area contributed by atoms with E-state index in [1.54, 1.807) is 6.07 Å². The summed E-state index contributed by atoms with van der Waals surface area (Å²) in [5.41, 5.74) is 4.91. The first-order valence-corrected chi connectivity index (χ1v) is 2.43. The minimum atomic E-state index is -0.661. The second-order valence-corrected chi connectivity index (χ2v) is 1.49. The summed E-state index contributed by atoms with van der Waals surface area (Å²) < 4.78 is 7.14. The third-order valence-electron chi connectivity index (χ3n) is 0.839. The second-order valence-electron chi connectivity index (χ2n) is 1.49. The number of nitrogens with zero attached hydrogens (tertiary/aromatic N) is 1. The summed E-state index contributed by atoms with van der Waals surface area (Å²) in [6.07, 6.45) is 1.43. The topological polar surface area (TPSA) is 56.0 Å². The first-order chi connectivity index (χ1) is 4.72. The Morgan fingerprint density at radius 2 is 2.56 bits per heavy atom. The molecule has 0 radical (unpaired) electrons. The van der Waals surface area contributed by atoms with Crippen LogP contribution < -0.4 is 5.73 Å². The molecule has 0 fully saturated rings. The summed E-state index contributed by atoms with van der Waals surface area (Å²) in [5, 5.41) is 0. The van der Waals surface area contributed by atoms with Gasteiger partial charge in [-0.1, -0.05) is 6.07 Å². The minimum absolute atomic E-state index is 0.0162. The number of carbonyl (C=O) groups excluding carboxylic acids is 1. The molecule has 0 spiro atoms. The third-order valence-corrected chi connectivity index (χ3v) is 0.839. The van der Waals surface area contributed by atoms with Crippen molar-refractivity contribution < 1.29 is 6.17 Å². The first-order valence-electron chi connectivity index (χ1n) is 2.93. The van der Waals surface area contributed by atoms with E-state index in [0.717, 1.165) is 0 Å². The van der Waals surface area contributed by atoms with Gasteiger partial charge in [0.05, 0.1) is 1.37 Å². The average Bonchev–Trinajstić information content (AvgIpc) is 1.88. The minimum Gasteiger partial charge on any atom is -0.364 e.